The predicted octanol–water partition coefficient (Wildman–Crippen LogP) is 3.02. The van der Waals surface area contributed by atoms with Crippen LogP contribution in [-0.4, -0.2) is 74.9 Å². The summed E-state index contributed by atoms with van der Waals surface area (Å²) in [4.78, 5) is 32.3. The maximum atomic E-state index is 13.6. The van der Waals surface area contributed by atoms with Gasteiger partial charge in [0.25, 0.3) is 5.91 Å². The monoisotopic (exact) mass is 520 g/mol. The van der Waals surface area contributed by atoms with Crippen LogP contribution in [0.25, 0.3) is 0 Å². The summed E-state index contributed by atoms with van der Waals surface area (Å²) in [6, 6.07) is 18.3. The van der Waals surface area contributed by atoms with Gasteiger partial charge >= 0.3 is 0 Å². The molecule has 0 saturated heterocycles. The number of nitrogens with one attached hydrogen (secondary N) is 2. The smallest absolute Gasteiger partial charge is 0.258 e. The number of carbonyl (C=O) groups excluding carboxylic acids is 2. The summed E-state index contributed by atoms with van der Waals surface area (Å²) in [6.45, 7) is 2.27. The molecular weight excluding hydrogens is 488 g/mol. The quantitative estimate of drug-likeness (QED) is 0.436. The molecule has 2 aromatic carbocycles. The van der Waals surface area contributed by atoms with Crippen LogP contribution in [0.3, 0.4) is 0 Å². The van der Waals surface area contributed by atoms with Gasteiger partial charge in [0.2, 0.25) is 5.91 Å². The van der Waals surface area contributed by atoms with Gasteiger partial charge in [0.05, 0.1) is 37.6 Å². The minimum atomic E-state index is -0.328. The van der Waals surface area contributed by atoms with E-state index in [9.17, 15) is 9.59 Å². The van der Waals surface area contributed by atoms with Crippen molar-refractivity contribution in [1.82, 2.24) is 15.2 Å². The lowest BCUT2D eigenvalue weighted by atomic mass is 10.2. The Balaban J connectivity index is 1.45. The van der Waals surface area contributed by atoms with E-state index in [1.807, 2.05) is 48.5 Å². The molecule has 0 saturated carbocycles. The number of anilines is 2. The Morgan fingerprint density at radius 2 is 1.97 bits per heavy atom. The highest BCUT2D eigenvalue weighted by Crippen LogP contribution is 2.28. The van der Waals surface area contributed by atoms with Crippen molar-refractivity contribution in [2.45, 2.75) is 6.54 Å². The average molecular weight is 521 g/mol. The average Bonchev–Trinajstić information content (AvgIpc) is 2.95. The Hall–Kier alpha value is -4.15. The third-order valence-corrected chi connectivity index (χ3v) is 5.74. The van der Waals surface area contributed by atoms with Crippen LogP contribution < -0.4 is 20.1 Å². The zero-order valence-electron chi connectivity index (χ0n) is 21.4. The molecule has 0 fully saturated rings. The summed E-state index contributed by atoms with van der Waals surface area (Å²) in [7, 11) is 1.62. The van der Waals surface area contributed by atoms with Crippen LogP contribution in [0.5, 0.6) is 11.5 Å². The molecule has 2 heterocycles. The molecule has 1 aliphatic rings. The number of rotatable bonds is 8. The van der Waals surface area contributed by atoms with Gasteiger partial charge in [-0.3, -0.25) is 9.59 Å². The number of amides is 2. The van der Waals surface area contributed by atoms with E-state index in [1.165, 1.54) is 4.90 Å². The number of aromatic nitrogens is 1. The molecule has 0 spiro atoms. The van der Waals surface area contributed by atoms with E-state index >= 15 is 0 Å². The maximum Gasteiger partial charge on any atom is 0.258 e. The summed E-state index contributed by atoms with van der Waals surface area (Å²) < 4.78 is 22.2. The first-order chi connectivity index (χ1) is 18.6. The Bertz CT molecular complexity index is 1220. The van der Waals surface area contributed by atoms with Crippen LogP contribution in [0, 0.1) is 0 Å². The van der Waals surface area contributed by atoms with Gasteiger partial charge in [-0.2, -0.15) is 0 Å². The van der Waals surface area contributed by atoms with Crippen LogP contribution in [0.15, 0.2) is 66.9 Å². The second-order valence-corrected chi connectivity index (χ2v) is 8.47. The molecule has 0 radical (unpaired) electrons. The lowest BCUT2D eigenvalue weighted by molar-refractivity contribution is -0.122. The van der Waals surface area contributed by atoms with Crippen molar-refractivity contribution in [2.24, 2.45) is 0 Å². The van der Waals surface area contributed by atoms with E-state index < -0.39 is 0 Å². The molecular formula is C28H32N4O6. The molecule has 200 valence electrons. The summed E-state index contributed by atoms with van der Waals surface area (Å²) in [5, 5.41) is 6.10. The van der Waals surface area contributed by atoms with Crippen LogP contribution in [-0.2, 0) is 20.8 Å². The fourth-order valence-corrected chi connectivity index (χ4v) is 3.83. The highest BCUT2D eigenvalue weighted by molar-refractivity contribution is 6.01. The molecule has 3 aromatic rings. The molecule has 10 heteroatoms. The van der Waals surface area contributed by atoms with Crippen molar-refractivity contribution < 1.29 is 28.5 Å². The zero-order chi connectivity index (χ0) is 26.6. The SMILES string of the molecule is COCCOc1cccc(CNC(=O)CN2CCOCCOc3ccccc3Nc3ncccc3C2=O)c1. The van der Waals surface area contributed by atoms with Crippen LogP contribution in [0.2, 0.25) is 0 Å². The number of hydrogen-bond acceptors (Lipinski definition) is 8. The molecule has 0 aliphatic carbocycles. The zero-order valence-corrected chi connectivity index (χ0v) is 21.4. The van der Waals surface area contributed by atoms with Gasteiger partial charge in [0.15, 0.2) is 0 Å². The second-order valence-electron chi connectivity index (χ2n) is 8.47. The number of carbonyl (C=O) groups is 2. The molecule has 2 amide bonds. The van der Waals surface area contributed by atoms with Gasteiger partial charge in [0.1, 0.15) is 30.5 Å². The third-order valence-electron chi connectivity index (χ3n) is 5.74. The normalized spacial score (nSPS) is 13.9. The summed E-state index contributed by atoms with van der Waals surface area (Å²) in [5.41, 5.74) is 1.90. The van der Waals surface area contributed by atoms with E-state index in [-0.39, 0.29) is 31.5 Å². The highest BCUT2D eigenvalue weighted by atomic mass is 16.5. The highest BCUT2D eigenvalue weighted by Gasteiger charge is 2.23. The molecule has 1 aromatic heterocycles. The standard InChI is InChI=1S/C28H32N4O6/c1-35-14-16-37-22-7-4-6-21(18-22)19-30-26(33)20-32-12-13-36-15-17-38-25-10-3-2-9-24(25)31-27-23(28(32)34)8-5-11-29-27/h2-11,18H,12-17,19-20H2,1H3,(H,29,31)(H,30,33). The van der Waals surface area contributed by atoms with Crippen molar-refractivity contribution >= 4 is 23.3 Å². The third kappa shape index (κ3) is 7.67. The number of benzene rings is 2. The maximum absolute atomic E-state index is 13.6. The van der Waals surface area contributed by atoms with Crippen molar-refractivity contribution in [1.29, 1.82) is 0 Å². The predicted molar refractivity (Wildman–Crippen MR) is 142 cm³/mol. The topological polar surface area (TPSA) is 111 Å². The van der Waals surface area contributed by atoms with Crippen LogP contribution in [0.4, 0.5) is 11.5 Å². The minimum absolute atomic E-state index is 0.131. The van der Waals surface area contributed by atoms with Gasteiger partial charge < -0.3 is 34.5 Å². The number of pyridine rings is 1. The first-order valence-electron chi connectivity index (χ1n) is 12.4. The Kier molecular flexibility index (Phi) is 9.89. The van der Waals surface area contributed by atoms with Gasteiger partial charge in [0, 0.05) is 26.4 Å². The van der Waals surface area contributed by atoms with E-state index in [0.29, 0.717) is 61.5 Å². The lowest BCUT2D eigenvalue weighted by Crippen LogP contribution is -2.42. The summed E-state index contributed by atoms with van der Waals surface area (Å²) in [6.07, 6.45) is 1.61. The van der Waals surface area contributed by atoms with Crippen LogP contribution >= 0.6 is 0 Å². The molecule has 10 nitrogen and oxygen atoms in total. The second kappa shape index (κ2) is 14.0. The molecule has 4 rings (SSSR count). The number of fused-ring (bicyclic) bond motifs is 2. The first-order valence-corrected chi connectivity index (χ1v) is 12.4. The van der Waals surface area contributed by atoms with E-state index in [4.69, 9.17) is 18.9 Å². The number of methoxy groups -OCH3 is 1. The van der Waals surface area contributed by atoms with Crippen molar-refractivity contribution in [3.05, 3.63) is 78.0 Å². The Morgan fingerprint density at radius 3 is 2.87 bits per heavy atom. The fraction of sp³-hybridized carbons (Fsp3) is 0.321. The molecule has 1 aliphatic heterocycles. The van der Waals surface area contributed by atoms with Crippen molar-refractivity contribution in [3.8, 4) is 11.5 Å². The van der Waals surface area contributed by atoms with Gasteiger partial charge in [-0.25, -0.2) is 4.98 Å². The Labute approximate surface area is 221 Å². The van der Waals surface area contributed by atoms with Crippen molar-refractivity contribution in [2.75, 3.05) is 58.6 Å². The largest absolute Gasteiger partial charge is 0.491 e. The van der Waals surface area contributed by atoms with Gasteiger partial charge in [-0.05, 0) is 42.0 Å². The molecule has 38 heavy (non-hydrogen) atoms. The molecule has 0 unspecified atom stereocenters. The number of ether oxygens (including phenoxy) is 4. The number of para-hydroxylation sites is 2. The number of hydrogen-bond donors (Lipinski definition) is 2. The van der Waals surface area contributed by atoms with E-state index in [0.717, 1.165) is 5.56 Å². The molecule has 0 bridgehead atoms. The van der Waals surface area contributed by atoms with Gasteiger partial charge in [-0.15, -0.1) is 0 Å². The lowest BCUT2D eigenvalue weighted by Gasteiger charge is -2.23. The van der Waals surface area contributed by atoms with Gasteiger partial charge in [-0.1, -0.05) is 24.3 Å². The summed E-state index contributed by atoms with van der Waals surface area (Å²) >= 11 is 0. The first kappa shape index (κ1) is 26.9. The minimum Gasteiger partial charge on any atom is -0.491 e. The van der Waals surface area contributed by atoms with E-state index in [2.05, 4.69) is 15.6 Å². The van der Waals surface area contributed by atoms with E-state index in [1.54, 1.807) is 25.4 Å². The van der Waals surface area contributed by atoms with Crippen molar-refractivity contribution in [3.63, 3.8) is 0 Å². The van der Waals surface area contributed by atoms with Crippen LogP contribution in [0.1, 0.15) is 15.9 Å². The number of nitrogens with zero attached hydrogens (tertiary/aromatic N) is 2. The fourth-order valence-electron chi connectivity index (χ4n) is 3.83. The Morgan fingerprint density at radius 1 is 1.08 bits per heavy atom. The summed E-state index contributed by atoms with van der Waals surface area (Å²) in [5.74, 6) is 1.08. The molecule has 0 atom stereocenters. The molecule has 2 N–H and O–H groups in total.